The maximum absolute atomic E-state index is 4.51. The Morgan fingerprint density at radius 1 is 1.27 bits per heavy atom. The topological polar surface area (TPSA) is 29.9 Å². The third kappa shape index (κ3) is 1.23. The minimum atomic E-state index is 0.858. The van der Waals surface area contributed by atoms with Gasteiger partial charge in [0, 0.05) is 0 Å². The van der Waals surface area contributed by atoms with Gasteiger partial charge in [0.1, 0.15) is 0 Å². The first-order chi connectivity index (χ1) is 7.24. The molecule has 0 amide bonds. The molecule has 0 unspecified atom stereocenters. The summed E-state index contributed by atoms with van der Waals surface area (Å²) in [6.45, 7) is 4.99. The molecule has 0 atom stereocenters. The number of anilines is 1. The summed E-state index contributed by atoms with van der Waals surface area (Å²) in [5, 5.41) is 7.91. The highest BCUT2D eigenvalue weighted by molar-refractivity contribution is 5.64. The summed E-state index contributed by atoms with van der Waals surface area (Å²) in [7, 11) is 0. The van der Waals surface area contributed by atoms with Gasteiger partial charge in [-0.1, -0.05) is 6.07 Å². The van der Waals surface area contributed by atoms with Gasteiger partial charge in [-0.25, -0.2) is 4.68 Å². The van der Waals surface area contributed by atoms with E-state index in [1.807, 2.05) is 11.6 Å². The Morgan fingerprint density at radius 3 is 3.00 bits per heavy atom. The van der Waals surface area contributed by atoms with Crippen LogP contribution >= 0.6 is 0 Å². The second-order valence-corrected chi connectivity index (χ2v) is 4.06. The first kappa shape index (κ1) is 8.53. The van der Waals surface area contributed by atoms with Gasteiger partial charge in [-0.3, -0.25) is 0 Å². The van der Waals surface area contributed by atoms with E-state index in [9.17, 15) is 0 Å². The molecular weight excluding hydrogens is 186 g/mol. The van der Waals surface area contributed by atoms with Gasteiger partial charge in [0.05, 0.1) is 29.3 Å². The van der Waals surface area contributed by atoms with Crippen LogP contribution in [0, 0.1) is 13.8 Å². The first-order valence-corrected chi connectivity index (χ1v) is 5.14. The van der Waals surface area contributed by atoms with Crippen molar-refractivity contribution in [2.75, 3.05) is 5.32 Å². The molecule has 1 aliphatic rings. The monoisotopic (exact) mass is 199 g/mol. The Hall–Kier alpha value is -1.77. The maximum Gasteiger partial charge on any atom is 0.0883 e. The standard InChI is InChI=1S/C12H13N3/c1-8-3-4-11-12(5-8)15-10(7-13-11)6-9(2)14-15/h3-6,13H,7H2,1-2H3. The Bertz CT molecular complexity index is 526. The van der Waals surface area contributed by atoms with Crippen LogP contribution in [0.15, 0.2) is 24.3 Å². The van der Waals surface area contributed by atoms with E-state index in [1.165, 1.54) is 11.3 Å². The summed E-state index contributed by atoms with van der Waals surface area (Å²) in [6, 6.07) is 8.52. The lowest BCUT2D eigenvalue weighted by atomic mass is 10.1. The fraction of sp³-hybridized carbons (Fsp3) is 0.250. The normalized spacial score (nSPS) is 12.9. The molecule has 1 aromatic carbocycles. The van der Waals surface area contributed by atoms with Gasteiger partial charge < -0.3 is 5.32 Å². The van der Waals surface area contributed by atoms with Crippen molar-refractivity contribution in [1.82, 2.24) is 9.78 Å². The van der Waals surface area contributed by atoms with Crippen molar-refractivity contribution in [2.45, 2.75) is 20.4 Å². The largest absolute Gasteiger partial charge is 0.378 e. The molecule has 3 rings (SSSR count). The average molecular weight is 199 g/mol. The Labute approximate surface area is 88.7 Å². The van der Waals surface area contributed by atoms with Crippen LogP contribution in [0.25, 0.3) is 5.69 Å². The molecule has 0 bridgehead atoms. The van der Waals surface area contributed by atoms with Crippen LogP contribution < -0.4 is 5.32 Å². The third-order valence-electron chi connectivity index (χ3n) is 2.75. The van der Waals surface area contributed by atoms with Crippen molar-refractivity contribution in [2.24, 2.45) is 0 Å². The highest BCUT2D eigenvalue weighted by Gasteiger charge is 2.16. The first-order valence-electron chi connectivity index (χ1n) is 5.14. The molecule has 3 heteroatoms. The van der Waals surface area contributed by atoms with Gasteiger partial charge >= 0.3 is 0 Å². The molecule has 76 valence electrons. The molecule has 0 saturated heterocycles. The van der Waals surface area contributed by atoms with Gasteiger partial charge in [0.25, 0.3) is 0 Å². The van der Waals surface area contributed by atoms with Crippen molar-refractivity contribution in [3.63, 3.8) is 0 Å². The number of nitrogens with one attached hydrogen (secondary N) is 1. The van der Waals surface area contributed by atoms with Crippen molar-refractivity contribution in [3.05, 3.63) is 41.2 Å². The van der Waals surface area contributed by atoms with Crippen LogP contribution in [0.3, 0.4) is 0 Å². The van der Waals surface area contributed by atoms with Crippen molar-refractivity contribution < 1.29 is 0 Å². The number of fused-ring (bicyclic) bond motifs is 3. The summed E-state index contributed by atoms with van der Waals surface area (Å²) in [5.41, 5.74) is 5.88. The van der Waals surface area contributed by atoms with Crippen LogP contribution in [-0.2, 0) is 6.54 Å². The number of rotatable bonds is 0. The fourth-order valence-electron chi connectivity index (χ4n) is 2.04. The number of aryl methyl sites for hydroxylation is 2. The minimum absolute atomic E-state index is 0.858. The molecule has 3 nitrogen and oxygen atoms in total. The Balaban J connectivity index is 2.27. The molecule has 2 aromatic rings. The van der Waals surface area contributed by atoms with Gasteiger partial charge in [-0.15, -0.1) is 0 Å². The lowest BCUT2D eigenvalue weighted by molar-refractivity contribution is 0.787. The number of benzene rings is 1. The van der Waals surface area contributed by atoms with Crippen LogP contribution in [0.5, 0.6) is 0 Å². The maximum atomic E-state index is 4.51. The smallest absolute Gasteiger partial charge is 0.0883 e. The Morgan fingerprint density at radius 2 is 2.13 bits per heavy atom. The summed E-state index contributed by atoms with van der Waals surface area (Å²) in [5.74, 6) is 0. The van der Waals surface area contributed by atoms with E-state index in [-0.39, 0.29) is 0 Å². The van der Waals surface area contributed by atoms with Crippen LogP contribution in [-0.4, -0.2) is 9.78 Å². The van der Waals surface area contributed by atoms with Gasteiger partial charge in [0.2, 0.25) is 0 Å². The second kappa shape index (κ2) is 2.86. The van der Waals surface area contributed by atoms with Crippen LogP contribution in [0.2, 0.25) is 0 Å². The predicted molar refractivity (Wildman–Crippen MR) is 60.4 cm³/mol. The summed E-state index contributed by atoms with van der Waals surface area (Å²) < 4.78 is 2.04. The zero-order valence-electron chi connectivity index (χ0n) is 8.91. The third-order valence-corrected chi connectivity index (χ3v) is 2.75. The highest BCUT2D eigenvalue weighted by atomic mass is 15.3. The predicted octanol–water partition coefficient (Wildman–Crippen LogP) is 2.41. The molecule has 15 heavy (non-hydrogen) atoms. The van der Waals surface area contributed by atoms with E-state index in [0.29, 0.717) is 0 Å². The van der Waals surface area contributed by atoms with E-state index >= 15 is 0 Å². The molecule has 1 aliphatic heterocycles. The zero-order valence-corrected chi connectivity index (χ0v) is 8.91. The second-order valence-electron chi connectivity index (χ2n) is 4.06. The van der Waals surface area contributed by atoms with Gasteiger partial charge in [-0.05, 0) is 37.6 Å². The number of hydrogen-bond acceptors (Lipinski definition) is 2. The molecule has 2 heterocycles. The van der Waals surface area contributed by atoms with Crippen molar-refractivity contribution >= 4 is 5.69 Å². The van der Waals surface area contributed by atoms with Crippen molar-refractivity contribution in [3.8, 4) is 5.69 Å². The molecule has 0 fully saturated rings. The molecule has 0 aliphatic carbocycles. The molecule has 0 saturated carbocycles. The number of aromatic nitrogens is 2. The lowest BCUT2D eigenvalue weighted by Crippen LogP contribution is -2.15. The van der Waals surface area contributed by atoms with E-state index < -0.39 is 0 Å². The van der Waals surface area contributed by atoms with E-state index in [0.717, 1.165) is 23.6 Å². The minimum Gasteiger partial charge on any atom is -0.378 e. The van der Waals surface area contributed by atoms with E-state index in [1.54, 1.807) is 0 Å². The summed E-state index contributed by atoms with van der Waals surface area (Å²) >= 11 is 0. The summed E-state index contributed by atoms with van der Waals surface area (Å²) in [4.78, 5) is 0. The van der Waals surface area contributed by atoms with Crippen LogP contribution in [0.4, 0.5) is 5.69 Å². The van der Waals surface area contributed by atoms with E-state index in [4.69, 9.17) is 0 Å². The van der Waals surface area contributed by atoms with E-state index in [2.05, 4.69) is 41.6 Å². The molecule has 1 N–H and O–H groups in total. The Kier molecular flexibility index (Phi) is 1.63. The van der Waals surface area contributed by atoms with Crippen LogP contribution in [0.1, 0.15) is 17.0 Å². The number of hydrogen-bond donors (Lipinski definition) is 1. The molecular formula is C12H13N3. The lowest BCUT2D eigenvalue weighted by Gasteiger charge is -2.20. The molecule has 0 radical (unpaired) electrons. The van der Waals surface area contributed by atoms with Crippen molar-refractivity contribution in [1.29, 1.82) is 0 Å². The van der Waals surface area contributed by atoms with Gasteiger partial charge in [0.15, 0.2) is 0 Å². The fourth-order valence-corrected chi connectivity index (χ4v) is 2.04. The zero-order chi connectivity index (χ0) is 10.4. The van der Waals surface area contributed by atoms with Gasteiger partial charge in [-0.2, -0.15) is 5.10 Å². The number of nitrogens with zero attached hydrogens (tertiary/aromatic N) is 2. The molecule has 0 spiro atoms. The summed E-state index contributed by atoms with van der Waals surface area (Å²) in [6.07, 6.45) is 0. The molecule has 1 aromatic heterocycles. The average Bonchev–Trinajstić information content (AvgIpc) is 2.58. The quantitative estimate of drug-likeness (QED) is 0.706. The highest BCUT2D eigenvalue weighted by Crippen LogP contribution is 2.27. The SMILES string of the molecule is Cc1ccc2c(c1)-n1nc(C)cc1CN2.